The molecule has 16 heavy (non-hydrogen) atoms. The first-order chi connectivity index (χ1) is 7.75. The molecule has 1 saturated heterocycles. The smallest absolute Gasteiger partial charge is 0.323 e. The van der Waals surface area contributed by atoms with Gasteiger partial charge in [0, 0.05) is 24.3 Å². The van der Waals surface area contributed by atoms with Gasteiger partial charge in [0.1, 0.15) is 6.04 Å². The molecule has 0 unspecified atom stereocenters. The Bertz CT molecular complexity index is 339. The van der Waals surface area contributed by atoms with E-state index in [1.807, 2.05) is 17.5 Å². The van der Waals surface area contributed by atoms with Crippen molar-refractivity contribution in [3.63, 3.8) is 0 Å². The SMILES string of the molecule is O=C(OCCc1cccs1)[C@@H]1C[C@H](O)CN1. The van der Waals surface area contributed by atoms with Gasteiger partial charge in [-0.25, -0.2) is 0 Å². The highest BCUT2D eigenvalue weighted by molar-refractivity contribution is 7.09. The molecule has 1 aromatic rings. The van der Waals surface area contributed by atoms with Gasteiger partial charge < -0.3 is 15.2 Å². The number of thiophene rings is 1. The van der Waals surface area contributed by atoms with E-state index < -0.39 is 6.10 Å². The van der Waals surface area contributed by atoms with Gasteiger partial charge in [-0.1, -0.05) is 6.07 Å². The van der Waals surface area contributed by atoms with Crippen molar-refractivity contribution in [2.24, 2.45) is 0 Å². The first-order valence-corrected chi connectivity index (χ1v) is 6.24. The van der Waals surface area contributed by atoms with Crippen molar-refractivity contribution >= 4 is 17.3 Å². The van der Waals surface area contributed by atoms with E-state index in [1.165, 1.54) is 4.88 Å². The van der Waals surface area contributed by atoms with Gasteiger partial charge >= 0.3 is 5.97 Å². The van der Waals surface area contributed by atoms with E-state index in [9.17, 15) is 9.90 Å². The zero-order valence-corrected chi connectivity index (χ0v) is 9.70. The fourth-order valence-electron chi connectivity index (χ4n) is 1.70. The third kappa shape index (κ3) is 3.04. The van der Waals surface area contributed by atoms with Crippen LogP contribution in [0.5, 0.6) is 0 Å². The number of ether oxygens (including phenoxy) is 1. The number of aliphatic hydroxyl groups excluding tert-OH is 1. The van der Waals surface area contributed by atoms with E-state index >= 15 is 0 Å². The van der Waals surface area contributed by atoms with Gasteiger partial charge in [-0.3, -0.25) is 4.79 Å². The summed E-state index contributed by atoms with van der Waals surface area (Å²) < 4.78 is 5.14. The lowest BCUT2D eigenvalue weighted by Crippen LogP contribution is -2.32. The second-order valence-corrected chi connectivity index (χ2v) is 4.88. The normalized spacial score (nSPS) is 24.6. The number of aliphatic hydroxyl groups is 1. The predicted octanol–water partition coefficient (Wildman–Crippen LogP) is 0.557. The average Bonchev–Trinajstić information content (AvgIpc) is 2.89. The van der Waals surface area contributed by atoms with Crippen LogP contribution in [0.4, 0.5) is 0 Å². The molecule has 2 N–H and O–H groups in total. The molecule has 0 spiro atoms. The maximum Gasteiger partial charge on any atom is 0.323 e. The number of rotatable bonds is 4. The molecule has 0 saturated carbocycles. The van der Waals surface area contributed by atoms with Crippen LogP contribution in [0.1, 0.15) is 11.3 Å². The topological polar surface area (TPSA) is 58.6 Å². The fourth-order valence-corrected chi connectivity index (χ4v) is 2.39. The van der Waals surface area contributed by atoms with Gasteiger partial charge in [-0.15, -0.1) is 11.3 Å². The third-order valence-electron chi connectivity index (χ3n) is 2.57. The number of carbonyl (C=O) groups excluding carboxylic acids is 1. The van der Waals surface area contributed by atoms with Crippen LogP contribution in [0.3, 0.4) is 0 Å². The van der Waals surface area contributed by atoms with Crippen molar-refractivity contribution in [1.29, 1.82) is 0 Å². The molecule has 0 aliphatic carbocycles. The van der Waals surface area contributed by atoms with Crippen LogP contribution in [0, 0.1) is 0 Å². The summed E-state index contributed by atoms with van der Waals surface area (Å²) >= 11 is 1.66. The standard InChI is InChI=1S/C11H15NO3S/c13-8-6-10(12-7-8)11(14)15-4-3-9-2-1-5-16-9/h1-2,5,8,10,12-13H,3-4,6-7H2/t8-,10-/m0/s1. The lowest BCUT2D eigenvalue weighted by atomic mass is 10.2. The number of esters is 1. The van der Waals surface area contributed by atoms with E-state index in [0.717, 1.165) is 6.42 Å². The Hall–Kier alpha value is -0.910. The minimum absolute atomic E-state index is 0.256. The van der Waals surface area contributed by atoms with Crippen LogP contribution in [-0.4, -0.2) is 36.4 Å². The zero-order valence-electron chi connectivity index (χ0n) is 8.89. The molecule has 2 rings (SSSR count). The lowest BCUT2D eigenvalue weighted by Gasteiger charge is -2.09. The van der Waals surface area contributed by atoms with Crippen molar-refractivity contribution < 1.29 is 14.6 Å². The van der Waals surface area contributed by atoms with Crippen LogP contribution in [0.2, 0.25) is 0 Å². The summed E-state index contributed by atoms with van der Waals surface area (Å²) in [5, 5.41) is 14.2. The molecule has 0 radical (unpaired) electrons. The molecule has 5 heteroatoms. The van der Waals surface area contributed by atoms with Gasteiger partial charge in [0.25, 0.3) is 0 Å². The molecule has 1 fully saturated rings. The van der Waals surface area contributed by atoms with Gasteiger partial charge in [0.05, 0.1) is 12.7 Å². The van der Waals surface area contributed by atoms with Gasteiger partial charge in [0.15, 0.2) is 0 Å². The van der Waals surface area contributed by atoms with Gasteiger partial charge in [0.2, 0.25) is 0 Å². The summed E-state index contributed by atoms with van der Waals surface area (Å²) in [5.74, 6) is -0.256. The maximum atomic E-state index is 11.5. The summed E-state index contributed by atoms with van der Waals surface area (Å²) in [6.07, 6.45) is 0.797. The zero-order chi connectivity index (χ0) is 11.4. The Balaban J connectivity index is 1.68. The minimum atomic E-state index is -0.421. The van der Waals surface area contributed by atoms with Crippen LogP contribution in [-0.2, 0) is 16.0 Å². The molecule has 2 atom stereocenters. The Morgan fingerprint density at radius 3 is 3.19 bits per heavy atom. The molecule has 1 aromatic heterocycles. The molecule has 1 aliphatic rings. The minimum Gasteiger partial charge on any atom is -0.464 e. The number of hydrogen-bond acceptors (Lipinski definition) is 5. The molecule has 88 valence electrons. The quantitative estimate of drug-likeness (QED) is 0.756. The largest absolute Gasteiger partial charge is 0.464 e. The second kappa shape index (κ2) is 5.43. The molecular formula is C11H15NO3S. The Morgan fingerprint density at radius 1 is 1.69 bits per heavy atom. The van der Waals surface area contributed by atoms with Crippen molar-refractivity contribution in [3.8, 4) is 0 Å². The van der Waals surface area contributed by atoms with Crippen LogP contribution in [0.25, 0.3) is 0 Å². The second-order valence-electron chi connectivity index (χ2n) is 3.85. The van der Waals surface area contributed by atoms with Crippen molar-refractivity contribution in [1.82, 2.24) is 5.32 Å². The van der Waals surface area contributed by atoms with Crippen LogP contribution in [0.15, 0.2) is 17.5 Å². The number of β-amino-alcohol motifs (C(OH)–C–C–N with tert-alkyl or cyclic N) is 1. The van der Waals surface area contributed by atoms with Gasteiger partial charge in [-0.05, 0) is 11.4 Å². The third-order valence-corrected chi connectivity index (χ3v) is 3.50. The first kappa shape index (κ1) is 11.6. The Labute approximate surface area is 98.2 Å². The van der Waals surface area contributed by atoms with Crippen LogP contribution < -0.4 is 5.32 Å². The molecule has 0 aromatic carbocycles. The highest BCUT2D eigenvalue weighted by Gasteiger charge is 2.28. The van der Waals surface area contributed by atoms with Crippen molar-refractivity contribution in [2.45, 2.75) is 25.0 Å². The van der Waals surface area contributed by atoms with E-state index in [1.54, 1.807) is 11.3 Å². The summed E-state index contributed by atoms with van der Waals surface area (Å²) in [5.41, 5.74) is 0. The summed E-state index contributed by atoms with van der Waals surface area (Å²) in [6.45, 7) is 0.887. The number of carbonyl (C=O) groups is 1. The highest BCUT2D eigenvalue weighted by atomic mass is 32.1. The molecule has 4 nitrogen and oxygen atoms in total. The Morgan fingerprint density at radius 2 is 2.56 bits per heavy atom. The van der Waals surface area contributed by atoms with E-state index in [2.05, 4.69) is 5.32 Å². The number of hydrogen-bond donors (Lipinski definition) is 2. The molecule has 2 heterocycles. The Kier molecular flexibility index (Phi) is 3.93. The molecular weight excluding hydrogens is 226 g/mol. The lowest BCUT2D eigenvalue weighted by molar-refractivity contribution is -0.145. The van der Waals surface area contributed by atoms with E-state index in [0.29, 0.717) is 19.6 Å². The maximum absolute atomic E-state index is 11.5. The molecule has 1 aliphatic heterocycles. The summed E-state index contributed by atoms with van der Waals surface area (Å²) in [7, 11) is 0. The summed E-state index contributed by atoms with van der Waals surface area (Å²) in [4.78, 5) is 12.7. The fraction of sp³-hybridized carbons (Fsp3) is 0.545. The van der Waals surface area contributed by atoms with Crippen molar-refractivity contribution in [2.75, 3.05) is 13.2 Å². The number of nitrogens with one attached hydrogen (secondary N) is 1. The van der Waals surface area contributed by atoms with Gasteiger partial charge in [-0.2, -0.15) is 0 Å². The van der Waals surface area contributed by atoms with Crippen molar-refractivity contribution in [3.05, 3.63) is 22.4 Å². The van der Waals surface area contributed by atoms with Crippen LogP contribution >= 0.6 is 11.3 Å². The summed E-state index contributed by atoms with van der Waals surface area (Å²) in [6, 6.07) is 3.67. The average molecular weight is 241 g/mol. The predicted molar refractivity (Wildman–Crippen MR) is 61.4 cm³/mol. The van der Waals surface area contributed by atoms with E-state index in [4.69, 9.17) is 4.74 Å². The molecule has 0 amide bonds. The monoisotopic (exact) mass is 241 g/mol. The highest BCUT2D eigenvalue weighted by Crippen LogP contribution is 2.11. The molecule has 0 bridgehead atoms. The first-order valence-electron chi connectivity index (χ1n) is 5.36. The van der Waals surface area contributed by atoms with E-state index in [-0.39, 0.29) is 12.0 Å².